The molecule has 0 bridgehead atoms. The molecule has 1 aromatic heterocycles. The topological polar surface area (TPSA) is 106 Å². The van der Waals surface area contributed by atoms with Crippen molar-refractivity contribution in [1.82, 2.24) is 20.1 Å². The Morgan fingerprint density at radius 3 is 2.75 bits per heavy atom. The van der Waals surface area contributed by atoms with Gasteiger partial charge < -0.3 is 11.1 Å². The van der Waals surface area contributed by atoms with Crippen molar-refractivity contribution in [3.05, 3.63) is 10.5 Å². The molecule has 0 spiro atoms. The van der Waals surface area contributed by atoms with Crippen LogP contribution in [0.25, 0.3) is 0 Å². The summed E-state index contributed by atoms with van der Waals surface area (Å²) >= 11 is 1.28. The van der Waals surface area contributed by atoms with Crippen LogP contribution in [0.15, 0.2) is 9.95 Å². The summed E-state index contributed by atoms with van der Waals surface area (Å²) in [6.07, 6.45) is 0. The van der Waals surface area contributed by atoms with E-state index in [9.17, 15) is 9.59 Å². The first kappa shape index (κ1) is 12.8. The minimum Gasteiger partial charge on any atom is -0.368 e. The fourth-order valence-electron chi connectivity index (χ4n) is 0.937. The number of hydrogen-bond acceptors (Lipinski definition) is 5. The zero-order chi connectivity index (χ0) is 12.3. The molecule has 0 radical (unpaired) electrons. The molecular weight excluding hydrogens is 230 g/mol. The van der Waals surface area contributed by atoms with Crippen molar-refractivity contribution in [2.24, 2.45) is 12.8 Å². The first-order valence-corrected chi connectivity index (χ1v) is 5.62. The third kappa shape index (κ3) is 2.45. The molecule has 1 amide bonds. The van der Waals surface area contributed by atoms with Gasteiger partial charge in [0.15, 0.2) is 5.16 Å². The first-order chi connectivity index (χ1) is 7.40. The number of nitrogens with one attached hydrogen (secondary N) is 2. The highest BCUT2D eigenvalue weighted by molar-refractivity contribution is 7.99. The highest BCUT2D eigenvalue weighted by atomic mass is 32.2. The van der Waals surface area contributed by atoms with Crippen molar-refractivity contribution >= 4 is 17.7 Å². The van der Waals surface area contributed by atoms with E-state index in [0.717, 1.165) is 0 Å². The molecule has 0 aliphatic rings. The van der Waals surface area contributed by atoms with Gasteiger partial charge in [-0.3, -0.25) is 9.36 Å². The summed E-state index contributed by atoms with van der Waals surface area (Å²) in [6, 6.07) is 0. The number of nitrogens with two attached hydrogens (primary N) is 1. The van der Waals surface area contributed by atoms with E-state index in [-0.39, 0.29) is 5.69 Å². The number of nitrogens with zero attached hydrogens (tertiary/aromatic N) is 2. The second-order valence-electron chi connectivity index (χ2n) is 3.61. The van der Waals surface area contributed by atoms with E-state index in [0.29, 0.717) is 10.9 Å². The highest BCUT2D eigenvalue weighted by Gasteiger charge is 2.29. The van der Waals surface area contributed by atoms with Crippen molar-refractivity contribution in [2.45, 2.75) is 17.6 Å². The standard InChI is InChI=1S/C8H15N5O2S/c1-8(10-2,5(9)14)4-16-7-12-11-6(15)13(7)3/h10H,4H2,1-3H3,(H2,9,14)(H,11,15). The summed E-state index contributed by atoms with van der Waals surface area (Å²) in [4.78, 5) is 22.3. The van der Waals surface area contributed by atoms with Gasteiger partial charge in [0.25, 0.3) is 0 Å². The summed E-state index contributed by atoms with van der Waals surface area (Å²) in [6.45, 7) is 1.70. The number of rotatable bonds is 5. The minimum absolute atomic E-state index is 0.285. The Kier molecular flexibility index (Phi) is 3.76. The predicted molar refractivity (Wildman–Crippen MR) is 61.2 cm³/mol. The number of carbonyl (C=O) groups excluding carboxylic acids is 1. The number of aromatic nitrogens is 3. The average Bonchev–Trinajstić information content (AvgIpc) is 2.56. The molecule has 4 N–H and O–H groups in total. The van der Waals surface area contributed by atoms with E-state index in [1.165, 1.54) is 16.3 Å². The summed E-state index contributed by atoms with van der Waals surface area (Å²) in [5, 5.41) is 9.52. The van der Waals surface area contributed by atoms with Gasteiger partial charge in [-0.2, -0.15) is 0 Å². The number of H-pyrrole nitrogens is 1. The molecule has 0 fully saturated rings. The van der Waals surface area contributed by atoms with Gasteiger partial charge >= 0.3 is 5.69 Å². The Morgan fingerprint density at radius 1 is 1.75 bits per heavy atom. The smallest absolute Gasteiger partial charge is 0.343 e. The molecule has 90 valence electrons. The molecule has 1 rings (SSSR count). The molecule has 7 nitrogen and oxygen atoms in total. The number of likely N-dealkylation sites (N-methyl/N-ethyl adjacent to an activating group) is 1. The molecule has 8 heteroatoms. The molecule has 0 saturated heterocycles. The predicted octanol–water partition coefficient (Wildman–Crippen LogP) is -1.34. The molecule has 16 heavy (non-hydrogen) atoms. The highest BCUT2D eigenvalue weighted by Crippen LogP contribution is 2.18. The maximum Gasteiger partial charge on any atom is 0.343 e. The molecule has 1 aromatic rings. The van der Waals surface area contributed by atoms with E-state index < -0.39 is 11.4 Å². The first-order valence-electron chi connectivity index (χ1n) is 4.63. The van der Waals surface area contributed by atoms with Crippen molar-refractivity contribution < 1.29 is 4.79 Å². The van der Waals surface area contributed by atoms with Gasteiger partial charge in [0.1, 0.15) is 5.54 Å². The van der Waals surface area contributed by atoms with Gasteiger partial charge in [-0.15, -0.1) is 5.10 Å². The summed E-state index contributed by atoms with van der Waals surface area (Å²) in [7, 11) is 3.27. The minimum atomic E-state index is -0.820. The van der Waals surface area contributed by atoms with Gasteiger partial charge in [0.2, 0.25) is 5.91 Å². The molecule has 1 unspecified atom stereocenters. The number of thioether (sulfide) groups is 1. The Bertz CT molecular complexity index is 440. The lowest BCUT2D eigenvalue weighted by molar-refractivity contribution is -0.122. The number of amides is 1. The van der Waals surface area contributed by atoms with E-state index in [4.69, 9.17) is 5.73 Å². The maximum absolute atomic E-state index is 11.2. The number of aromatic amines is 1. The van der Waals surface area contributed by atoms with Crippen LogP contribution in [0, 0.1) is 0 Å². The zero-order valence-corrected chi connectivity index (χ0v) is 10.2. The van der Waals surface area contributed by atoms with Crippen LogP contribution in [0.2, 0.25) is 0 Å². The van der Waals surface area contributed by atoms with E-state index in [1.807, 2.05) is 0 Å². The van der Waals surface area contributed by atoms with Crippen LogP contribution in [0.3, 0.4) is 0 Å². The van der Waals surface area contributed by atoms with Crippen LogP contribution in [0.4, 0.5) is 0 Å². The summed E-state index contributed by atoms with van der Waals surface area (Å²) < 4.78 is 1.38. The molecule has 1 atom stereocenters. The van der Waals surface area contributed by atoms with E-state index in [2.05, 4.69) is 15.5 Å². The largest absolute Gasteiger partial charge is 0.368 e. The average molecular weight is 245 g/mol. The second-order valence-corrected chi connectivity index (χ2v) is 4.55. The number of primary amides is 1. The van der Waals surface area contributed by atoms with Gasteiger partial charge in [0.05, 0.1) is 0 Å². The van der Waals surface area contributed by atoms with Crippen molar-refractivity contribution in [2.75, 3.05) is 12.8 Å². The monoisotopic (exact) mass is 245 g/mol. The lowest BCUT2D eigenvalue weighted by Crippen LogP contribution is -2.53. The van der Waals surface area contributed by atoms with Crippen molar-refractivity contribution in [3.63, 3.8) is 0 Å². The Balaban J connectivity index is 2.74. The van der Waals surface area contributed by atoms with Gasteiger partial charge in [-0.05, 0) is 14.0 Å². The lowest BCUT2D eigenvalue weighted by Gasteiger charge is -2.24. The van der Waals surface area contributed by atoms with Crippen LogP contribution < -0.4 is 16.7 Å². The molecular formula is C8H15N5O2S. The lowest BCUT2D eigenvalue weighted by atomic mass is 10.1. The van der Waals surface area contributed by atoms with Gasteiger partial charge in [0, 0.05) is 12.8 Å². The van der Waals surface area contributed by atoms with Gasteiger partial charge in [-0.1, -0.05) is 11.8 Å². The van der Waals surface area contributed by atoms with Crippen LogP contribution in [0.5, 0.6) is 0 Å². The molecule has 0 aliphatic carbocycles. The number of hydrogen-bond donors (Lipinski definition) is 3. The Hall–Kier alpha value is -1.28. The third-order valence-corrected chi connectivity index (χ3v) is 3.77. The van der Waals surface area contributed by atoms with Crippen LogP contribution in [-0.4, -0.2) is 39.0 Å². The van der Waals surface area contributed by atoms with Crippen molar-refractivity contribution in [3.8, 4) is 0 Å². The maximum atomic E-state index is 11.2. The van der Waals surface area contributed by atoms with Crippen LogP contribution >= 0.6 is 11.8 Å². The van der Waals surface area contributed by atoms with Crippen molar-refractivity contribution in [1.29, 1.82) is 0 Å². The Labute approximate surface area is 96.8 Å². The van der Waals surface area contributed by atoms with Crippen LogP contribution in [0.1, 0.15) is 6.92 Å². The zero-order valence-electron chi connectivity index (χ0n) is 9.40. The summed E-state index contributed by atoms with van der Waals surface area (Å²) in [5.74, 6) is -0.0419. The summed E-state index contributed by atoms with van der Waals surface area (Å²) in [5.41, 5.74) is 4.17. The molecule has 0 aliphatic heterocycles. The molecule has 0 aromatic carbocycles. The quantitative estimate of drug-likeness (QED) is 0.557. The molecule has 0 saturated carbocycles. The Morgan fingerprint density at radius 2 is 2.38 bits per heavy atom. The fraction of sp³-hybridized carbons (Fsp3) is 0.625. The number of carbonyl (C=O) groups is 1. The van der Waals surface area contributed by atoms with E-state index >= 15 is 0 Å². The molecule has 1 heterocycles. The SMILES string of the molecule is CNC(C)(CSc1n[nH]c(=O)n1C)C(N)=O. The second kappa shape index (κ2) is 4.71. The van der Waals surface area contributed by atoms with Gasteiger partial charge in [-0.25, -0.2) is 9.89 Å². The van der Waals surface area contributed by atoms with E-state index in [1.54, 1.807) is 21.0 Å². The fourth-order valence-corrected chi connectivity index (χ4v) is 2.03. The van der Waals surface area contributed by atoms with Crippen LogP contribution in [-0.2, 0) is 11.8 Å². The normalized spacial score (nSPS) is 14.7. The third-order valence-electron chi connectivity index (χ3n) is 2.42.